The van der Waals surface area contributed by atoms with Gasteiger partial charge in [0.1, 0.15) is 22.4 Å². The minimum absolute atomic E-state index is 0.0924. The highest BCUT2D eigenvalue weighted by Gasteiger charge is 2.12. The van der Waals surface area contributed by atoms with Crippen molar-refractivity contribution in [2.24, 2.45) is 5.73 Å². The number of aryl methyl sites for hydroxylation is 2. The molecule has 0 saturated heterocycles. The number of anilines is 1. The van der Waals surface area contributed by atoms with Crippen LogP contribution in [0.25, 0.3) is 0 Å². The Morgan fingerprint density at radius 3 is 2.67 bits per heavy atom. The van der Waals surface area contributed by atoms with E-state index in [0.717, 1.165) is 29.5 Å². The molecule has 0 bridgehead atoms. The largest absolute Gasteiger partial charge is 0.389 e. The number of nitrogens with one attached hydrogen (secondary N) is 1. The van der Waals surface area contributed by atoms with Gasteiger partial charge in [0, 0.05) is 17.8 Å². The van der Waals surface area contributed by atoms with Gasteiger partial charge in [0.2, 0.25) is 0 Å². The van der Waals surface area contributed by atoms with Crippen LogP contribution in [0.4, 0.5) is 14.6 Å². The van der Waals surface area contributed by atoms with E-state index < -0.39 is 11.6 Å². The van der Waals surface area contributed by atoms with E-state index in [9.17, 15) is 8.78 Å². The first-order chi connectivity index (χ1) is 9.88. The van der Waals surface area contributed by atoms with E-state index in [4.69, 9.17) is 18.0 Å². The van der Waals surface area contributed by atoms with Crippen LogP contribution in [0.1, 0.15) is 22.4 Å². The van der Waals surface area contributed by atoms with Crippen LogP contribution in [-0.2, 0) is 6.54 Å². The maximum atomic E-state index is 13.6. The zero-order chi connectivity index (χ0) is 15.6. The predicted molar refractivity (Wildman–Crippen MR) is 83.3 cm³/mol. The molecule has 0 aliphatic rings. The summed E-state index contributed by atoms with van der Waals surface area (Å²) >= 11 is 5.02. The highest BCUT2D eigenvalue weighted by atomic mass is 32.1. The van der Waals surface area contributed by atoms with Crippen LogP contribution in [0.2, 0.25) is 0 Å². The van der Waals surface area contributed by atoms with E-state index in [2.05, 4.69) is 10.3 Å². The molecule has 21 heavy (non-hydrogen) atoms. The molecule has 1 aromatic heterocycles. The van der Waals surface area contributed by atoms with Crippen molar-refractivity contribution in [2.45, 2.75) is 20.4 Å². The zero-order valence-corrected chi connectivity index (χ0v) is 12.5. The van der Waals surface area contributed by atoms with Gasteiger partial charge >= 0.3 is 0 Å². The van der Waals surface area contributed by atoms with Crippen molar-refractivity contribution >= 4 is 23.0 Å². The smallest absolute Gasteiger partial charge is 0.137 e. The number of thiocarbonyl (C=S) groups is 1. The molecule has 110 valence electrons. The van der Waals surface area contributed by atoms with Gasteiger partial charge in [-0.3, -0.25) is 0 Å². The Hall–Kier alpha value is -2.08. The standard InChI is InChI=1S/C15H15F2N3S/c1-8-5-9(2)20-15(13(8)14(18)21)19-7-10-6-11(16)3-4-12(10)17/h3-6H,7H2,1-2H3,(H2,18,21)(H,19,20). The summed E-state index contributed by atoms with van der Waals surface area (Å²) in [6.45, 7) is 3.80. The fraction of sp³-hybridized carbons (Fsp3) is 0.200. The van der Waals surface area contributed by atoms with Gasteiger partial charge in [0.05, 0.1) is 5.56 Å². The monoisotopic (exact) mass is 307 g/mol. The molecule has 0 fully saturated rings. The number of nitrogens with two attached hydrogens (primary N) is 1. The summed E-state index contributed by atoms with van der Waals surface area (Å²) in [5.74, 6) is -0.495. The number of halogens is 2. The first-order valence-corrected chi connectivity index (χ1v) is 6.75. The van der Waals surface area contributed by atoms with Crippen molar-refractivity contribution < 1.29 is 8.78 Å². The number of pyridine rings is 1. The Bertz CT molecular complexity index is 702. The molecule has 0 aliphatic carbocycles. The molecule has 0 saturated carbocycles. The lowest BCUT2D eigenvalue weighted by Crippen LogP contribution is -2.17. The highest BCUT2D eigenvalue weighted by Crippen LogP contribution is 2.20. The number of aromatic nitrogens is 1. The maximum absolute atomic E-state index is 13.6. The van der Waals surface area contributed by atoms with Gasteiger partial charge in [0.25, 0.3) is 0 Å². The van der Waals surface area contributed by atoms with Crippen LogP contribution in [0, 0.1) is 25.5 Å². The van der Waals surface area contributed by atoms with Gasteiger partial charge in [-0.05, 0) is 43.7 Å². The van der Waals surface area contributed by atoms with Crippen LogP contribution in [0.15, 0.2) is 24.3 Å². The van der Waals surface area contributed by atoms with Crippen molar-refractivity contribution in [1.29, 1.82) is 0 Å². The number of rotatable bonds is 4. The third-order valence-corrected chi connectivity index (χ3v) is 3.25. The summed E-state index contributed by atoms with van der Waals surface area (Å²) in [6.07, 6.45) is 0. The molecule has 3 nitrogen and oxygen atoms in total. The second kappa shape index (κ2) is 6.13. The second-order valence-electron chi connectivity index (χ2n) is 4.76. The van der Waals surface area contributed by atoms with Crippen LogP contribution in [-0.4, -0.2) is 9.97 Å². The first-order valence-electron chi connectivity index (χ1n) is 6.34. The Kier molecular flexibility index (Phi) is 4.47. The number of hydrogen-bond donors (Lipinski definition) is 2. The minimum Gasteiger partial charge on any atom is -0.389 e. The summed E-state index contributed by atoms with van der Waals surface area (Å²) < 4.78 is 26.8. The van der Waals surface area contributed by atoms with E-state index in [0.29, 0.717) is 11.4 Å². The fourth-order valence-corrected chi connectivity index (χ4v) is 2.39. The van der Waals surface area contributed by atoms with E-state index >= 15 is 0 Å². The molecule has 0 amide bonds. The van der Waals surface area contributed by atoms with Crippen LogP contribution in [0.3, 0.4) is 0 Å². The number of nitrogens with zero attached hydrogens (tertiary/aromatic N) is 1. The van der Waals surface area contributed by atoms with Gasteiger partial charge in [-0.25, -0.2) is 13.8 Å². The quantitative estimate of drug-likeness (QED) is 0.852. The van der Waals surface area contributed by atoms with Crippen LogP contribution in [0.5, 0.6) is 0 Å². The molecule has 0 spiro atoms. The zero-order valence-electron chi connectivity index (χ0n) is 11.7. The molecule has 0 aliphatic heterocycles. The van der Waals surface area contributed by atoms with Crippen LogP contribution < -0.4 is 11.1 Å². The third-order valence-electron chi connectivity index (χ3n) is 3.05. The van der Waals surface area contributed by atoms with E-state index in [1.54, 1.807) is 0 Å². The van der Waals surface area contributed by atoms with Crippen molar-refractivity contribution in [2.75, 3.05) is 5.32 Å². The normalized spacial score (nSPS) is 10.5. The average molecular weight is 307 g/mol. The van der Waals surface area contributed by atoms with Crippen molar-refractivity contribution in [1.82, 2.24) is 4.98 Å². The first kappa shape index (κ1) is 15.3. The minimum atomic E-state index is -0.490. The van der Waals surface area contributed by atoms with Crippen LogP contribution >= 0.6 is 12.2 Å². The molecule has 6 heteroatoms. The average Bonchev–Trinajstić information content (AvgIpc) is 2.38. The Morgan fingerprint density at radius 1 is 1.29 bits per heavy atom. The summed E-state index contributed by atoms with van der Waals surface area (Å²) in [4.78, 5) is 4.54. The number of benzene rings is 1. The Morgan fingerprint density at radius 2 is 2.00 bits per heavy atom. The van der Waals surface area contributed by atoms with E-state index in [-0.39, 0.29) is 17.1 Å². The lowest BCUT2D eigenvalue weighted by atomic mass is 10.1. The molecule has 1 heterocycles. The highest BCUT2D eigenvalue weighted by molar-refractivity contribution is 7.80. The van der Waals surface area contributed by atoms with Gasteiger partial charge < -0.3 is 11.1 Å². The molecule has 3 N–H and O–H groups in total. The van der Waals surface area contributed by atoms with Gasteiger partial charge in [-0.2, -0.15) is 0 Å². The van der Waals surface area contributed by atoms with E-state index in [1.807, 2.05) is 19.9 Å². The molecule has 0 unspecified atom stereocenters. The molecular formula is C15H15F2N3S. The lowest BCUT2D eigenvalue weighted by Gasteiger charge is -2.14. The Labute approximate surface area is 127 Å². The predicted octanol–water partition coefficient (Wildman–Crippen LogP) is 3.22. The van der Waals surface area contributed by atoms with Crippen molar-refractivity contribution in [3.63, 3.8) is 0 Å². The molecule has 2 aromatic rings. The van der Waals surface area contributed by atoms with Gasteiger partial charge in [-0.15, -0.1) is 0 Å². The summed E-state index contributed by atoms with van der Waals surface area (Å²) in [7, 11) is 0. The lowest BCUT2D eigenvalue weighted by molar-refractivity contribution is 0.587. The molecule has 0 atom stereocenters. The SMILES string of the molecule is Cc1cc(C)c(C(N)=S)c(NCc2cc(F)ccc2F)n1. The summed E-state index contributed by atoms with van der Waals surface area (Å²) in [5, 5.41) is 2.98. The summed E-state index contributed by atoms with van der Waals surface area (Å²) in [5.41, 5.74) is 8.21. The van der Waals surface area contributed by atoms with E-state index in [1.165, 1.54) is 0 Å². The Balaban J connectivity index is 2.31. The third kappa shape index (κ3) is 3.52. The van der Waals surface area contributed by atoms with Crippen molar-refractivity contribution in [3.8, 4) is 0 Å². The summed E-state index contributed by atoms with van der Waals surface area (Å²) in [6, 6.07) is 5.18. The molecule has 1 aromatic carbocycles. The van der Waals surface area contributed by atoms with Crippen molar-refractivity contribution in [3.05, 3.63) is 58.3 Å². The van der Waals surface area contributed by atoms with Gasteiger partial charge in [0.15, 0.2) is 0 Å². The van der Waals surface area contributed by atoms with Gasteiger partial charge in [-0.1, -0.05) is 12.2 Å². The molecule has 0 radical (unpaired) electrons. The maximum Gasteiger partial charge on any atom is 0.137 e. The second-order valence-corrected chi connectivity index (χ2v) is 5.20. The topological polar surface area (TPSA) is 50.9 Å². The number of hydrogen-bond acceptors (Lipinski definition) is 3. The molecule has 2 rings (SSSR count). The molecular weight excluding hydrogens is 292 g/mol. The fourth-order valence-electron chi connectivity index (χ4n) is 2.13.